The third-order valence-electron chi connectivity index (χ3n) is 6.01. The van der Waals surface area contributed by atoms with Crippen molar-refractivity contribution in [2.75, 3.05) is 5.32 Å². The SMILES string of the molecule is N[C@H]1CCc2nc(NCc3ccc4c(c3)CN(C3CCC(=O)NC3=O)C4=O)sc2C1. The number of carbonyl (C=O) groups excluding carboxylic acids is 3. The van der Waals surface area contributed by atoms with Gasteiger partial charge in [0.15, 0.2) is 5.13 Å². The average molecular weight is 426 g/mol. The maximum absolute atomic E-state index is 12.8. The molecule has 9 heteroatoms. The predicted octanol–water partition coefficient (Wildman–Crippen LogP) is 1.33. The number of piperidine rings is 1. The third kappa shape index (κ3) is 3.48. The molecule has 2 atom stereocenters. The minimum absolute atomic E-state index is 0.150. The van der Waals surface area contributed by atoms with Crippen molar-refractivity contribution >= 4 is 34.2 Å². The molecule has 1 aliphatic carbocycles. The summed E-state index contributed by atoms with van der Waals surface area (Å²) in [6.07, 6.45) is 3.45. The topological polar surface area (TPSA) is 117 Å². The van der Waals surface area contributed by atoms with Crippen LogP contribution in [0, 0.1) is 0 Å². The van der Waals surface area contributed by atoms with Crippen LogP contribution in [0.25, 0.3) is 0 Å². The van der Waals surface area contributed by atoms with Gasteiger partial charge in [0, 0.05) is 36.0 Å². The molecule has 3 heterocycles. The molecule has 0 radical (unpaired) electrons. The lowest BCUT2D eigenvalue weighted by molar-refractivity contribution is -0.136. The number of anilines is 1. The fourth-order valence-electron chi connectivity index (χ4n) is 4.39. The number of rotatable bonds is 4. The maximum Gasteiger partial charge on any atom is 0.255 e. The van der Waals surface area contributed by atoms with E-state index < -0.39 is 6.04 Å². The molecular weight excluding hydrogens is 402 g/mol. The van der Waals surface area contributed by atoms with Crippen LogP contribution in [0.1, 0.15) is 51.3 Å². The van der Waals surface area contributed by atoms with Gasteiger partial charge in [-0.25, -0.2) is 4.98 Å². The van der Waals surface area contributed by atoms with E-state index in [0.29, 0.717) is 25.1 Å². The van der Waals surface area contributed by atoms with Crippen molar-refractivity contribution in [3.8, 4) is 0 Å². The first-order valence-corrected chi connectivity index (χ1v) is 11.0. The molecule has 1 saturated heterocycles. The summed E-state index contributed by atoms with van der Waals surface area (Å²) in [7, 11) is 0. The molecule has 5 rings (SSSR count). The van der Waals surface area contributed by atoms with Gasteiger partial charge in [-0.2, -0.15) is 0 Å². The summed E-state index contributed by atoms with van der Waals surface area (Å²) >= 11 is 1.67. The largest absolute Gasteiger partial charge is 0.357 e. The second kappa shape index (κ2) is 7.48. The smallest absolute Gasteiger partial charge is 0.255 e. The predicted molar refractivity (Wildman–Crippen MR) is 112 cm³/mol. The van der Waals surface area contributed by atoms with Crippen LogP contribution in [0.4, 0.5) is 5.13 Å². The summed E-state index contributed by atoms with van der Waals surface area (Å²) in [4.78, 5) is 43.9. The van der Waals surface area contributed by atoms with E-state index in [4.69, 9.17) is 10.7 Å². The van der Waals surface area contributed by atoms with Gasteiger partial charge in [0.05, 0.1) is 5.69 Å². The molecule has 1 fully saturated rings. The number of thiazole rings is 1. The van der Waals surface area contributed by atoms with Crippen LogP contribution in [0.2, 0.25) is 0 Å². The molecule has 2 aliphatic heterocycles. The number of hydrogen-bond acceptors (Lipinski definition) is 7. The molecule has 1 aromatic heterocycles. The zero-order valence-electron chi connectivity index (χ0n) is 16.4. The van der Waals surface area contributed by atoms with Gasteiger partial charge in [-0.05, 0) is 42.9 Å². The quantitative estimate of drug-likeness (QED) is 0.636. The van der Waals surface area contributed by atoms with Gasteiger partial charge in [0.2, 0.25) is 11.8 Å². The van der Waals surface area contributed by atoms with Gasteiger partial charge in [0.1, 0.15) is 6.04 Å². The Labute approximate surface area is 177 Å². The van der Waals surface area contributed by atoms with Gasteiger partial charge >= 0.3 is 0 Å². The summed E-state index contributed by atoms with van der Waals surface area (Å²) in [5.74, 6) is -0.815. The van der Waals surface area contributed by atoms with Crippen LogP contribution in [0.3, 0.4) is 0 Å². The Hall–Kier alpha value is -2.78. The Bertz CT molecular complexity index is 1050. The second-order valence-electron chi connectivity index (χ2n) is 8.14. The molecule has 30 heavy (non-hydrogen) atoms. The van der Waals surface area contributed by atoms with Crippen molar-refractivity contribution < 1.29 is 14.4 Å². The third-order valence-corrected chi connectivity index (χ3v) is 7.09. The lowest BCUT2D eigenvalue weighted by atomic mass is 9.99. The van der Waals surface area contributed by atoms with E-state index in [1.807, 2.05) is 18.2 Å². The highest BCUT2D eigenvalue weighted by Crippen LogP contribution is 2.31. The molecule has 3 aliphatic rings. The fourth-order valence-corrected chi connectivity index (χ4v) is 5.49. The summed E-state index contributed by atoms with van der Waals surface area (Å²) in [6.45, 7) is 0.996. The highest BCUT2D eigenvalue weighted by Gasteiger charge is 2.39. The number of aromatic nitrogens is 1. The van der Waals surface area contributed by atoms with Crippen molar-refractivity contribution in [2.24, 2.45) is 5.73 Å². The Kier molecular flexibility index (Phi) is 4.79. The maximum atomic E-state index is 12.8. The van der Waals surface area contributed by atoms with Crippen LogP contribution in [-0.4, -0.2) is 39.7 Å². The van der Waals surface area contributed by atoms with Crippen LogP contribution in [0.15, 0.2) is 18.2 Å². The highest BCUT2D eigenvalue weighted by molar-refractivity contribution is 7.15. The number of nitrogens with zero attached hydrogens (tertiary/aromatic N) is 2. The summed E-state index contributed by atoms with van der Waals surface area (Å²) in [5, 5.41) is 6.62. The number of fused-ring (bicyclic) bond motifs is 2. The van der Waals surface area contributed by atoms with E-state index in [0.717, 1.165) is 41.2 Å². The first kappa shape index (κ1) is 19.2. The highest BCUT2D eigenvalue weighted by atomic mass is 32.1. The molecule has 3 amide bonds. The van der Waals surface area contributed by atoms with E-state index in [1.54, 1.807) is 16.2 Å². The first-order valence-electron chi connectivity index (χ1n) is 10.2. The van der Waals surface area contributed by atoms with Crippen LogP contribution >= 0.6 is 11.3 Å². The minimum Gasteiger partial charge on any atom is -0.357 e. The molecule has 2 aromatic rings. The molecule has 4 N–H and O–H groups in total. The fraction of sp³-hybridized carbons (Fsp3) is 0.429. The Morgan fingerprint density at radius 2 is 2.10 bits per heavy atom. The normalized spacial score (nSPS) is 23.2. The van der Waals surface area contributed by atoms with E-state index in [-0.39, 0.29) is 30.2 Å². The van der Waals surface area contributed by atoms with Crippen molar-refractivity contribution in [3.63, 3.8) is 0 Å². The zero-order chi connectivity index (χ0) is 20.8. The number of imide groups is 1. The molecule has 0 saturated carbocycles. The lowest BCUT2D eigenvalue weighted by Gasteiger charge is -2.29. The zero-order valence-corrected chi connectivity index (χ0v) is 17.3. The van der Waals surface area contributed by atoms with Crippen molar-refractivity contribution in [1.82, 2.24) is 15.2 Å². The number of amides is 3. The van der Waals surface area contributed by atoms with Gasteiger partial charge in [-0.3, -0.25) is 19.7 Å². The molecule has 156 valence electrons. The van der Waals surface area contributed by atoms with E-state index in [1.165, 1.54) is 4.88 Å². The number of nitrogens with two attached hydrogens (primary N) is 1. The van der Waals surface area contributed by atoms with Crippen molar-refractivity contribution in [3.05, 3.63) is 45.5 Å². The summed E-state index contributed by atoms with van der Waals surface area (Å²) < 4.78 is 0. The molecule has 0 bridgehead atoms. The summed E-state index contributed by atoms with van der Waals surface area (Å²) in [5.41, 5.74) is 9.80. The number of nitrogens with one attached hydrogen (secondary N) is 2. The number of carbonyl (C=O) groups is 3. The monoisotopic (exact) mass is 425 g/mol. The van der Waals surface area contributed by atoms with E-state index in [2.05, 4.69) is 10.6 Å². The van der Waals surface area contributed by atoms with Crippen molar-refractivity contribution in [2.45, 2.75) is 57.3 Å². The van der Waals surface area contributed by atoms with E-state index >= 15 is 0 Å². The Morgan fingerprint density at radius 1 is 1.23 bits per heavy atom. The average Bonchev–Trinajstić information content (AvgIpc) is 3.26. The minimum atomic E-state index is -0.586. The van der Waals surface area contributed by atoms with Gasteiger partial charge in [-0.1, -0.05) is 12.1 Å². The Morgan fingerprint density at radius 3 is 2.93 bits per heavy atom. The first-order chi connectivity index (χ1) is 14.5. The Balaban J connectivity index is 1.27. The summed E-state index contributed by atoms with van der Waals surface area (Å²) in [6, 6.07) is 5.41. The van der Waals surface area contributed by atoms with Crippen LogP contribution < -0.4 is 16.4 Å². The lowest BCUT2D eigenvalue weighted by Crippen LogP contribution is -2.52. The van der Waals surface area contributed by atoms with Gasteiger partial charge < -0.3 is 16.0 Å². The molecule has 1 unspecified atom stereocenters. The molecule has 1 aromatic carbocycles. The number of hydrogen-bond donors (Lipinski definition) is 3. The number of aryl methyl sites for hydroxylation is 1. The second-order valence-corrected chi connectivity index (χ2v) is 9.22. The van der Waals surface area contributed by atoms with Crippen molar-refractivity contribution in [1.29, 1.82) is 0 Å². The van der Waals surface area contributed by atoms with E-state index in [9.17, 15) is 14.4 Å². The standard InChI is InChI=1S/C21H23N5O3S/c22-13-2-4-15-17(8-13)30-21(24-15)23-9-11-1-3-14-12(7-11)10-26(20(14)29)16-5-6-18(27)25-19(16)28/h1,3,7,13,16H,2,4-6,8-10,22H2,(H,23,24)(H,25,27,28)/t13-,16?/m0/s1. The van der Waals surface area contributed by atoms with Crippen LogP contribution in [0.5, 0.6) is 0 Å². The van der Waals surface area contributed by atoms with Gasteiger partial charge in [0.25, 0.3) is 5.91 Å². The number of benzene rings is 1. The molecule has 0 spiro atoms. The van der Waals surface area contributed by atoms with Gasteiger partial charge in [-0.15, -0.1) is 11.3 Å². The van der Waals surface area contributed by atoms with Crippen LogP contribution in [-0.2, 0) is 35.5 Å². The molecule has 8 nitrogen and oxygen atoms in total. The molecular formula is C21H23N5O3S.